The quantitative estimate of drug-likeness (QED) is 0.676. The van der Waals surface area contributed by atoms with E-state index in [-0.39, 0.29) is 5.60 Å². The first-order chi connectivity index (χ1) is 12.8. The van der Waals surface area contributed by atoms with Gasteiger partial charge in [-0.2, -0.15) is 0 Å². The molecule has 1 unspecified atom stereocenters. The van der Waals surface area contributed by atoms with E-state index in [0.717, 1.165) is 31.7 Å². The SMILES string of the molecule is Cc1cc(C)c2c(c1C)OC1(CCN(C)CC1)C2c1ccc(C(C)C)cc1. The minimum absolute atomic E-state index is 0.0997. The van der Waals surface area contributed by atoms with Crippen molar-refractivity contribution < 1.29 is 4.74 Å². The molecule has 2 heterocycles. The Hall–Kier alpha value is -1.80. The van der Waals surface area contributed by atoms with Crippen molar-refractivity contribution in [3.8, 4) is 5.75 Å². The maximum Gasteiger partial charge on any atom is 0.127 e. The van der Waals surface area contributed by atoms with E-state index < -0.39 is 0 Å². The Labute approximate surface area is 164 Å². The summed E-state index contributed by atoms with van der Waals surface area (Å²) in [4.78, 5) is 2.43. The Balaban J connectivity index is 1.86. The third-order valence-corrected chi connectivity index (χ3v) is 6.92. The molecule has 1 fully saturated rings. The van der Waals surface area contributed by atoms with Gasteiger partial charge in [-0.25, -0.2) is 0 Å². The molecular weight excluding hydrogens is 330 g/mol. The second-order valence-electron chi connectivity index (χ2n) is 9.10. The van der Waals surface area contributed by atoms with E-state index in [4.69, 9.17) is 4.74 Å². The van der Waals surface area contributed by atoms with Crippen molar-refractivity contribution in [3.05, 3.63) is 63.7 Å². The molecule has 0 bridgehead atoms. The molecular formula is C25H33NO. The van der Waals surface area contributed by atoms with Gasteiger partial charge in [0.1, 0.15) is 11.4 Å². The van der Waals surface area contributed by atoms with Gasteiger partial charge in [-0.05, 0) is 61.6 Å². The minimum atomic E-state index is -0.0997. The number of hydrogen-bond donors (Lipinski definition) is 0. The highest BCUT2D eigenvalue weighted by Gasteiger charge is 2.51. The second-order valence-corrected chi connectivity index (χ2v) is 9.10. The van der Waals surface area contributed by atoms with Crippen molar-refractivity contribution in [2.45, 2.75) is 64.9 Å². The summed E-state index contributed by atoms with van der Waals surface area (Å²) >= 11 is 0. The lowest BCUT2D eigenvalue weighted by atomic mass is 9.72. The van der Waals surface area contributed by atoms with Crippen molar-refractivity contribution in [3.63, 3.8) is 0 Å². The van der Waals surface area contributed by atoms with Crippen LogP contribution in [-0.4, -0.2) is 30.6 Å². The predicted octanol–water partition coefficient (Wildman–Crippen LogP) is 5.72. The summed E-state index contributed by atoms with van der Waals surface area (Å²) in [6, 6.07) is 11.7. The van der Waals surface area contributed by atoms with Crippen molar-refractivity contribution in [2.24, 2.45) is 0 Å². The molecule has 0 radical (unpaired) electrons. The van der Waals surface area contributed by atoms with Crippen LogP contribution in [0.2, 0.25) is 0 Å². The zero-order chi connectivity index (χ0) is 19.3. The van der Waals surface area contributed by atoms with Crippen LogP contribution in [0.25, 0.3) is 0 Å². The van der Waals surface area contributed by atoms with Gasteiger partial charge < -0.3 is 9.64 Å². The van der Waals surface area contributed by atoms with Crippen LogP contribution in [0, 0.1) is 20.8 Å². The number of aryl methyl sites for hydroxylation is 2. The number of likely N-dealkylation sites (tertiary alicyclic amines) is 1. The Morgan fingerprint density at radius 3 is 2.22 bits per heavy atom. The van der Waals surface area contributed by atoms with Crippen LogP contribution < -0.4 is 4.74 Å². The molecule has 2 aliphatic heterocycles. The molecule has 2 aromatic carbocycles. The van der Waals surface area contributed by atoms with Crippen molar-refractivity contribution in [1.82, 2.24) is 4.90 Å². The number of hydrogen-bond acceptors (Lipinski definition) is 2. The fraction of sp³-hybridized carbons (Fsp3) is 0.520. The van der Waals surface area contributed by atoms with Gasteiger partial charge in [-0.1, -0.05) is 44.2 Å². The van der Waals surface area contributed by atoms with Crippen LogP contribution in [0.15, 0.2) is 30.3 Å². The summed E-state index contributed by atoms with van der Waals surface area (Å²) in [5, 5.41) is 0. The lowest BCUT2D eigenvalue weighted by Gasteiger charge is -2.41. The maximum absolute atomic E-state index is 6.89. The molecule has 1 spiro atoms. The monoisotopic (exact) mass is 363 g/mol. The Morgan fingerprint density at radius 1 is 1.00 bits per heavy atom. The number of ether oxygens (including phenoxy) is 1. The first-order valence-electron chi connectivity index (χ1n) is 10.4. The van der Waals surface area contributed by atoms with Gasteiger partial charge in [0.2, 0.25) is 0 Å². The Bertz CT molecular complexity index is 842. The van der Waals surface area contributed by atoms with Crippen molar-refractivity contribution in [1.29, 1.82) is 0 Å². The fourth-order valence-electron chi connectivity index (χ4n) is 5.02. The smallest absolute Gasteiger partial charge is 0.127 e. The first-order valence-corrected chi connectivity index (χ1v) is 10.4. The average molecular weight is 364 g/mol. The van der Waals surface area contributed by atoms with Gasteiger partial charge in [-0.15, -0.1) is 0 Å². The van der Waals surface area contributed by atoms with E-state index in [1.165, 1.54) is 33.4 Å². The van der Waals surface area contributed by atoms with Crippen molar-refractivity contribution in [2.75, 3.05) is 20.1 Å². The highest BCUT2D eigenvalue weighted by atomic mass is 16.5. The third kappa shape index (κ3) is 2.99. The highest BCUT2D eigenvalue weighted by molar-refractivity contribution is 5.59. The normalized spacial score (nSPS) is 21.5. The first kappa shape index (κ1) is 18.6. The predicted molar refractivity (Wildman–Crippen MR) is 113 cm³/mol. The van der Waals surface area contributed by atoms with E-state index in [9.17, 15) is 0 Å². The molecule has 27 heavy (non-hydrogen) atoms. The molecule has 2 heteroatoms. The van der Waals surface area contributed by atoms with Crippen LogP contribution in [0.4, 0.5) is 0 Å². The number of rotatable bonds is 2. The summed E-state index contributed by atoms with van der Waals surface area (Å²) in [7, 11) is 2.22. The molecule has 0 amide bonds. The molecule has 2 aromatic rings. The molecule has 0 aromatic heterocycles. The maximum atomic E-state index is 6.89. The standard InChI is InChI=1S/C25H33NO/c1-16(2)20-7-9-21(10-8-20)23-22-18(4)15-17(3)19(5)24(22)27-25(23)11-13-26(6)14-12-25/h7-10,15-16,23H,11-14H2,1-6H3. The van der Waals surface area contributed by atoms with E-state index in [1.807, 2.05) is 0 Å². The van der Waals surface area contributed by atoms with Crippen LogP contribution in [-0.2, 0) is 0 Å². The van der Waals surface area contributed by atoms with E-state index in [0.29, 0.717) is 11.8 Å². The molecule has 2 nitrogen and oxygen atoms in total. The van der Waals surface area contributed by atoms with E-state index in [1.54, 1.807) is 0 Å². The van der Waals surface area contributed by atoms with Crippen molar-refractivity contribution >= 4 is 0 Å². The lowest BCUT2D eigenvalue weighted by molar-refractivity contribution is 0.0145. The third-order valence-electron chi connectivity index (χ3n) is 6.92. The zero-order valence-electron chi connectivity index (χ0n) is 17.7. The molecule has 0 aliphatic carbocycles. The highest BCUT2D eigenvalue weighted by Crippen LogP contribution is 2.55. The summed E-state index contributed by atoms with van der Waals surface area (Å²) in [6.45, 7) is 13.4. The lowest BCUT2D eigenvalue weighted by Crippen LogP contribution is -2.48. The number of benzene rings is 2. The number of nitrogens with zero attached hydrogens (tertiary/aromatic N) is 1. The summed E-state index contributed by atoms with van der Waals surface area (Å²) in [6.07, 6.45) is 2.18. The van der Waals surface area contributed by atoms with Gasteiger partial charge in [0.25, 0.3) is 0 Å². The van der Waals surface area contributed by atoms with Gasteiger partial charge in [-0.3, -0.25) is 0 Å². The zero-order valence-corrected chi connectivity index (χ0v) is 17.7. The second kappa shape index (κ2) is 6.67. The van der Waals surface area contributed by atoms with Gasteiger partial charge >= 0.3 is 0 Å². The summed E-state index contributed by atoms with van der Waals surface area (Å²) in [5.74, 6) is 2.06. The van der Waals surface area contributed by atoms with E-state index in [2.05, 4.69) is 76.9 Å². The van der Waals surface area contributed by atoms with Gasteiger partial charge in [0.15, 0.2) is 0 Å². The Kier molecular flexibility index (Phi) is 4.58. The fourth-order valence-corrected chi connectivity index (χ4v) is 5.02. The minimum Gasteiger partial charge on any atom is -0.486 e. The number of fused-ring (bicyclic) bond motifs is 1. The molecule has 1 saturated heterocycles. The summed E-state index contributed by atoms with van der Waals surface area (Å²) in [5.41, 5.74) is 8.18. The Morgan fingerprint density at radius 2 is 1.63 bits per heavy atom. The van der Waals surface area contributed by atoms with Gasteiger partial charge in [0.05, 0.1) is 5.92 Å². The molecule has 0 N–H and O–H groups in total. The van der Waals surface area contributed by atoms with E-state index >= 15 is 0 Å². The molecule has 0 saturated carbocycles. The number of piperidine rings is 1. The molecule has 2 aliphatic rings. The van der Waals surface area contributed by atoms with Crippen LogP contribution in [0.5, 0.6) is 5.75 Å². The van der Waals surface area contributed by atoms with Gasteiger partial charge in [0, 0.05) is 31.5 Å². The topological polar surface area (TPSA) is 12.5 Å². The average Bonchev–Trinajstić information content (AvgIpc) is 2.98. The van der Waals surface area contributed by atoms with Crippen LogP contribution in [0.1, 0.15) is 71.9 Å². The summed E-state index contributed by atoms with van der Waals surface area (Å²) < 4.78 is 6.89. The largest absolute Gasteiger partial charge is 0.486 e. The molecule has 1 atom stereocenters. The van der Waals surface area contributed by atoms with Crippen LogP contribution >= 0.6 is 0 Å². The molecule has 4 rings (SSSR count). The van der Waals surface area contributed by atoms with Crippen LogP contribution in [0.3, 0.4) is 0 Å². The molecule has 144 valence electrons.